The van der Waals surface area contributed by atoms with Crippen molar-refractivity contribution in [3.63, 3.8) is 0 Å². The molecular weight excluding hydrogens is 386 g/mol. The van der Waals surface area contributed by atoms with E-state index in [2.05, 4.69) is 40.3 Å². The minimum Gasteiger partial charge on any atom is -0.489 e. The van der Waals surface area contributed by atoms with E-state index < -0.39 is 5.60 Å². The summed E-state index contributed by atoms with van der Waals surface area (Å²) in [6.45, 7) is 7.56. The molecule has 0 radical (unpaired) electrons. The zero-order valence-electron chi connectivity index (χ0n) is 18.3. The second-order valence-corrected chi connectivity index (χ2v) is 8.40. The summed E-state index contributed by atoms with van der Waals surface area (Å²) in [6.07, 6.45) is 7.77. The molecule has 4 aromatic rings. The Morgan fingerprint density at radius 1 is 0.935 bits per heavy atom. The molecule has 0 bridgehead atoms. The van der Waals surface area contributed by atoms with E-state index in [9.17, 15) is 5.11 Å². The van der Waals surface area contributed by atoms with Gasteiger partial charge in [-0.15, -0.1) is 0 Å². The molecule has 0 aliphatic heterocycles. The predicted octanol–water partition coefficient (Wildman–Crippen LogP) is 5.61. The summed E-state index contributed by atoms with van der Waals surface area (Å²) >= 11 is 0. The number of imidazole rings is 1. The number of ether oxygens (including phenoxy) is 1. The Hall–Kier alpha value is -3.44. The van der Waals surface area contributed by atoms with E-state index >= 15 is 0 Å². The highest BCUT2D eigenvalue weighted by Crippen LogP contribution is 2.23. The van der Waals surface area contributed by atoms with Gasteiger partial charge in [0.25, 0.3) is 0 Å². The lowest BCUT2D eigenvalue weighted by molar-refractivity contribution is 0.0786. The van der Waals surface area contributed by atoms with Crippen molar-refractivity contribution in [2.45, 2.75) is 39.4 Å². The maximum Gasteiger partial charge on any atom is 0.138 e. The minimum atomic E-state index is -0.831. The summed E-state index contributed by atoms with van der Waals surface area (Å²) in [5.74, 6) is 1.56. The predicted molar refractivity (Wildman–Crippen MR) is 125 cm³/mol. The molecule has 0 amide bonds. The molecule has 2 heterocycles. The van der Waals surface area contributed by atoms with Crippen molar-refractivity contribution in [1.29, 1.82) is 0 Å². The van der Waals surface area contributed by atoms with E-state index in [1.165, 1.54) is 0 Å². The standard InChI is InChI=1S/C26H27N3O2/c1-18(2)31-22-12-14-25(27-16-22)29-17-28-23-15-20(9-13-24(23)29)6-5-19-7-10-21(11-8-19)26(3,4)30/h5-18,30H,1-4H3. The van der Waals surface area contributed by atoms with E-state index in [-0.39, 0.29) is 6.10 Å². The zero-order chi connectivity index (χ0) is 22.0. The Labute approximate surface area is 182 Å². The van der Waals surface area contributed by atoms with Crippen molar-refractivity contribution in [1.82, 2.24) is 14.5 Å². The summed E-state index contributed by atoms with van der Waals surface area (Å²) in [5, 5.41) is 10.1. The molecule has 0 unspecified atom stereocenters. The van der Waals surface area contributed by atoms with Gasteiger partial charge in [-0.3, -0.25) is 4.57 Å². The molecule has 4 rings (SSSR count). The van der Waals surface area contributed by atoms with Gasteiger partial charge in [-0.1, -0.05) is 42.5 Å². The number of nitrogens with zero attached hydrogens (tertiary/aromatic N) is 3. The van der Waals surface area contributed by atoms with Gasteiger partial charge in [0.15, 0.2) is 0 Å². The van der Waals surface area contributed by atoms with Gasteiger partial charge >= 0.3 is 0 Å². The normalized spacial score (nSPS) is 12.2. The Bertz CT molecular complexity index is 1200. The third kappa shape index (κ3) is 4.84. The van der Waals surface area contributed by atoms with Crippen molar-refractivity contribution in [2.24, 2.45) is 0 Å². The van der Waals surface area contributed by atoms with Crippen LogP contribution in [0.3, 0.4) is 0 Å². The molecule has 2 aromatic heterocycles. The molecule has 0 aliphatic carbocycles. The lowest BCUT2D eigenvalue weighted by Crippen LogP contribution is -2.14. The molecule has 0 fully saturated rings. The van der Waals surface area contributed by atoms with Crippen molar-refractivity contribution in [2.75, 3.05) is 0 Å². The molecule has 0 saturated carbocycles. The second-order valence-electron chi connectivity index (χ2n) is 8.40. The number of aliphatic hydroxyl groups is 1. The molecule has 31 heavy (non-hydrogen) atoms. The molecule has 2 aromatic carbocycles. The third-order valence-electron chi connectivity index (χ3n) is 5.00. The first-order valence-electron chi connectivity index (χ1n) is 10.4. The first kappa shape index (κ1) is 20.8. The summed E-state index contributed by atoms with van der Waals surface area (Å²) in [6, 6.07) is 18.0. The quantitative estimate of drug-likeness (QED) is 0.418. The van der Waals surface area contributed by atoms with Crippen LogP contribution in [0.25, 0.3) is 29.0 Å². The Morgan fingerprint density at radius 3 is 2.29 bits per heavy atom. The topological polar surface area (TPSA) is 60.2 Å². The molecule has 1 N–H and O–H groups in total. The number of fused-ring (bicyclic) bond motifs is 1. The van der Waals surface area contributed by atoms with Crippen LogP contribution in [-0.2, 0) is 5.60 Å². The SMILES string of the molecule is CC(C)Oc1ccc(-n2cnc3cc(C=Cc4ccc(C(C)(C)O)cc4)ccc32)nc1. The van der Waals surface area contributed by atoms with Crippen LogP contribution in [0.15, 0.2) is 67.1 Å². The van der Waals surface area contributed by atoms with Gasteiger partial charge in [0.05, 0.1) is 28.9 Å². The minimum absolute atomic E-state index is 0.118. The van der Waals surface area contributed by atoms with Crippen LogP contribution in [0.2, 0.25) is 0 Å². The van der Waals surface area contributed by atoms with Gasteiger partial charge in [-0.05, 0) is 68.7 Å². The third-order valence-corrected chi connectivity index (χ3v) is 5.00. The number of aromatic nitrogens is 3. The monoisotopic (exact) mass is 413 g/mol. The lowest BCUT2D eigenvalue weighted by atomic mass is 9.97. The fourth-order valence-corrected chi connectivity index (χ4v) is 3.37. The van der Waals surface area contributed by atoms with Crippen LogP contribution in [0.4, 0.5) is 0 Å². The van der Waals surface area contributed by atoms with Crippen molar-refractivity contribution in [3.05, 3.63) is 83.8 Å². The van der Waals surface area contributed by atoms with E-state index in [0.29, 0.717) is 0 Å². The van der Waals surface area contributed by atoms with Crippen LogP contribution < -0.4 is 4.74 Å². The van der Waals surface area contributed by atoms with Crippen LogP contribution in [0.5, 0.6) is 5.75 Å². The molecule has 0 aliphatic rings. The molecule has 0 saturated heterocycles. The smallest absolute Gasteiger partial charge is 0.138 e. The van der Waals surface area contributed by atoms with Gasteiger partial charge in [0, 0.05) is 0 Å². The van der Waals surface area contributed by atoms with Crippen molar-refractivity contribution < 1.29 is 9.84 Å². The number of pyridine rings is 1. The Morgan fingerprint density at radius 2 is 1.65 bits per heavy atom. The zero-order valence-corrected chi connectivity index (χ0v) is 18.3. The fraction of sp³-hybridized carbons (Fsp3) is 0.231. The maximum absolute atomic E-state index is 10.1. The summed E-state index contributed by atoms with van der Waals surface area (Å²) < 4.78 is 7.64. The molecule has 158 valence electrons. The molecule has 0 spiro atoms. The van der Waals surface area contributed by atoms with Gasteiger partial charge in [-0.25, -0.2) is 9.97 Å². The molecular formula is C26H27N3O2. The number of hydrogen-bond acceptors (Lipinski definition) is 4. The number of rotatable bonds is 6. The van der Waals surface area contributed by atoms with E-state index in [1.807, 2.05) is 54.8 Å². The number of hydrogen-bond donors (Lipinski definition) is 1. The maximum atomic E-state index is 10.1. The van der Waals surface area contributed by atoms with Gasteiger partial charge in [-0.2, -0.15) is 0 Å². The Kier molecular flexibility index (Phi) is 5.61. The molecule has 5 nitrogen and oxygen atoms in total. The highest BCUT2D eigenvalue weighted by molar-refractivity contribution is 5.82. The van der Waals surface area contributed by atoms with Crippen LogP contribution in [0, 0.1) is 0 Å². The van der Waals surface area contributed by atoms with E-state index in [0.717, 1.165) is 39.3 Å². The highest BCUT2D eigenvalue weighted by atomic mass is 16.5. The highest BCUT2D eigenvalue weighted by Gasteiger charge is 2.14. The summed E-state index contributed by atoms with van der Waals surface area (Å²) in [7, 11) is 0. The Balaban J connectivity index is 1.54. The van der Waals surface area contributed by atoms with Gasteiger partial charge in [0.2, 0.25) is 0 Å². The average molecular weight is 414 g/mol. The lowest BCUT2D eigenvalue weighted by Gasteiger charge is -2.17. The van der Waals surface area contributed by atoms with Crippen molar-refractivity contribution >= 4 is 23.2 Å². The second kappa shape index (κ2) is 8.36. The van der Waals surface area contributed by atoms with Crippen LogP contribution >= 0.6 is 0 Å². The molecule has 0 atom stereocenters. The first-order chi connectivity index (χ1) is 14.8. The van der Waals surface area contributed by atoms with Gasteiger partial charge in [0.1, 0.15) is 17.9 Å². The first-order valence-corrected chi connectivity index (χ1v) is 10.4. The number of benzene rings is 2. The van der Waals surface area contributed by atoms with E-state index in [4.69, 9.17) is 4.74 Å². The fourth-order valence-electron chi connectivity index (χ4n) is 3.37. The summed E-state index contributed by atoms with van der Waals surface area (Å²) in [4.78, 5) is 9.06. The summed E-state index contributed by atoms with van der Waals surface area (Å²) in [5.41, 5.74) is 4.11. The largest absolute Gasteiger partial charge is 0.489 e. The van der Waals surface area contributed by atoms with Crippen molar-refractivity contribution in [3.8, 4) is 11.6 Å². The van der Waals surface area contributed by atoms with Gasteiger partial charge < -0.3 is 9.84 Å². The molecule has 5 heteroatoms. The van der Waals surface area contributed by atoms with Crippen LogP contribution in [-0.4, -0.2) is 25.7 Å². The van der Waals surface area contributed by atoms with E-state index in [1.54, 1.807) is 26.4 Å². The average Bonchev–Trinajstić information content (AvgIpc) is 3.15. The van der Waals surface area contributed by atoms with Crippen LogP contribution in [0.1, 0.15) is 44.4 Å².